The second kappa shape index (κ2) is 7.82. The van der Waals surface area contributed by atoms with E-state index in [1.165, 1.54) is 5.56 Å². The molecule has 1 atom stereocenters. The molecular formula is C20H22ClNO2. The van der Waals surface area contributed by atoms with Gasteiger partial charge in [-0.05, 0) is 48.4 Å². The molecule has 0 heterocycles. The lowest BCUT2D eigenvalue weighted by Gasteiger charge is -2.38. The molecule has 0 aliphatic heterocycles. The average molecular weight is 344 g/mol. The zero-order chi connectivity index (χ0) is 16.9. The molecule has 1 aliphatic rings. The summed E-state index contributed by atoms with van der Waals surface area (Å²) in [5.41, 5.74) is 2.11. The van der Waals surface area contributed by atoms with Crippen LogP contribution in [-0.2, 0) is 17.6 Å². The third kappa shape index (κ3) is 4.59. The van der Waals surface area contributed by atoms with Gasteiger partial charge in [-0.2, -0.15) is 0 Å². The molecule has 1 amide bonds. The largest absolute Gasteiger partial charge is 0.393 e. The number of hydrogen-bond donors (Lipinski definition) is 2. The highest BCUT2D eigenvalue weighted by atomic mass is 35.5. The third-order valence-electron chi connectivity index (χ3n) is 4.62. The van der Waals surface area contributed by atoms with Gasteiger partial charge in [-0.1, -0.05) is 54.1 Å². The van der Waals surface area contributed by atoms with Crippen molar-refractivity contribution in [3.05, 3.63) is 70.7 Å². The lowest BCUT2D eigenvalue weighted by atomic mass is 9.75. The lowest BCUT2D eigenvalue weighted by molar-refractivity contribution is -0.122. The maximum Gasteiger partial charge on any atom is 0.224 e. The molecule has 1 saturated carbocycles. The van der Waals surface area contributed by atoms with Crippen LogP contribution >= 0.6 is 11.6 Å². The monoisotopic (exact) mass is 343 g/mol. The first-order chi connectivity index (χ1) is 11.6. The molecule has 0 radical (unpaired) electrons. The molecule has 1 aliphatic carbocycles. The Morgan fingerprint density at radius 3 is 2.50 bits per heavy atom. The van der Waals surface area contributed by atoms with Crippen LogP contribution in [0.5, 0.6) is 0 Å². The number of hydrogen-bond acceptors (Lipinski definition) is 2. The van der Waals surface area contributed by atoms with E-state index in [-0.39, 0.29) is 18.1 Å². The molecule has 1 fully saturated rings. The highest BCUT2D eigenvalue weighted by molar-refractivity contribution is 6.30. The van der Waals surface area contributed by atoms with Gasteiger partial charge in [-0.25, -0.2) is 0 Å². The van der Waals surface area contributed by atoms with Crippen molar-refractivity contribution in [1.29, 1.82) is 0 Å². The highest BCUT2D eigenvalue weighted by Crippen LogP contribution is 2.31. The van der Waals surface area contributed by atoms with Gasteiger partial charge in [0.2, 0.25) is 5.91 Å². The zero-order valence-electron chi connectivity index (χ0n) is 13.5. The number of nitrogens with one attached hydrogen (secondary N) is 1. The topological polar surface area (TPSA) is 49.3 Å². The number of benzene rings is 2. The quantitative estimate of drug-likeness (QED) is 0.844. The van der Waals surface area contributed by atoms with E-state index in [1.807, 2.05) is 36.4 Å². The van der Waals surface area contributed by atoms with Gasteiger partial charge in [0.1, 0.15) is 0 Å². The van der Waals surface area contributed by atoms with E-state index in [0.29, 0.717) is 17.4 Å². The first-order valence-corrected chi connectivity index (χ1v) is 8.74. The van der Waals surface area contributed by atoms with Crippen LogP contribution in [0.2, 0.25) is 5.02 Å². The minimum absolute atomic E-state index is 0.000382. The van der Waals surface area contributed by atoms with Gasteiger partial charge >= 0.3 is 0 Å². The molecule has 0 spiro atoms. The Morgan fingerprint density at radius 1 is 1.12 bits per heavy atom. The van der Waals surface area contributed by atoms with E-state index in [4.69, 9.17) is 11.6 Å². The zero-order valence-corrected chi connectivity index (χ0v) is 14.2. The molecule has 0 bridgehead atoms. The van der Waals surface area contributed by atoms with Crippen LogP contribution in [0.3, 0.4) is 0 Å². The predicted molar refractivity (Wildman–Crippen MR) is 96.0 cm³/mol. The molecule has 24 heavy (non-hydrogen) atoms. The number of aliphatic hydroxyl groups excluding tert-OH is 1. The first kappa shape index (κ1) is 17.0. The van der Waals surface area contributed by atoms with Crippen molar-refractivity contribution in [2.75, 3.05) is 0 Å². The van der Waals surface area contributed by atoms with Crippen molar-refractivity contribution in [2.24, 2.45) is 5.92 Å². The van der Waals surface area contributed by atoms with Crippen molar-refractivity contribution >= 4 is 17.5 Å². The third-order valence-corrected chi connectivity index (χ3v) is 4.85. The molecule has 126 valence electrons. The minimum atomic E-state index is -0.224. The smallest absolute Gasteiger partial charge is 0.224 e. The van der Waals surface area contributed by atoms with Gasteiger partial charge in [0.25, 0.3) is 0 Å². The summed E-state index contributed by atoms with van der Waals surface area (Å²) in [5, 5.41) is 13.4. The fourth-order valence-corrected chi connectivity index (χ4v) is 3.47. The van der Waals surface area contributed by atoms with Crippen molar-refractivity contribution in [2.45, 2.75) is 37.8 Å². The average Bonchev–Trinajstić information content (AvgIpc) is 2.52. The number of aliphatic hydroxyl groups is 1. The van der Waals surface area contributed by atoms with Crippen molar-refractivity contribution in [3.63, 3.8) is 0 Å². The molecular weight excluding hydrogens is 322 g/mol. The van der Waals surface area contributed by atoms with Crippen LogP contribution in [0.25, 0.3) is 0 Å². The highest BCUT2D eigenvalue weighted by Gasteiger charge is 2.34. The summed E-state index contributed by atoms with van der Waals surface area (Å²) in [6.45, 7) is 0. The first-order valence-electron chi connectivity index (χ1n) is 8.36. The van der Waals surface area contributed by atoms with Crippen LogP contribution in [0.4, 0.5) is 0 Å². The molecule has 2 aromatic rings. The summed E-state index contributed by atoms with van der Waals surface area (Å²) >= 11 is 5.98. The van der Waals surface area contributed by atoms with Crippen molar-refractivity contribution < 1.29 is 9.90 Å². The molecule has 3 rings (SSSR count). The maximum absolute atomic E-state index is 12.4. The van der Waals surface area contributed by atoms with Crippen LogP contribution in [0.15, 0.2) is 54.6 Å². The maximum atomic E-state index is 12.4. The SMILES string of the molecule is O=C(Cc1cccc(Cl)c1)NC(Cc1ccccc1)C1CC(O)C1. The number of amides is 1. The second-order valence-corrected chi connectivity index (χ2v) is 6.99. The van der Waals surface area contributed by atoms with E-state index < -0.39 is 0 Å². The molecule has 4 heteroatoms. The normalized spacial score (nSPS) is 20.9. The molecule has 2 N–H and O–H groups in total. The van der Waals surface area contributed by atoms with Crippen LogP contribution in [0, 0.1) is 5.92 Å². The molecule has 3 nitrogen and oxygen atoms in total. The summed E-state index contributed by atoms with van der Waals surface area (Å²) in [6, 6.07) is 17.6. The van der Waals surface area contributed by atoms with Crippen molar-refractivity contribution in [3.8, 4) is 0 Å². The summed E-state index contributed by atoms with van der Waals surface area (Å²) < 4.78 is 0. The Balaban J connectivity index is 1.63. The number of halogens is 1. The van der Waals surface area contributed by atoms with Gasteiger partial charge in [-0.3, -0.25) is 4.79 Å². The minimum Gasteiger partial charge on any atom is -0.393 e. The Bertz CT molecular complexity index is 683. The Hall–Kier alpha value is -1.84. The van der Waals surface area contributed by atoms with Gasteiger partial charge in [0.05, 0.1) is 12.5 Å². The molecule has 0 aromatic heterocycles. The van der Waals surface area contributed by atoms with E-state index >= 15 is 0 Å². The summed E-state index contributed by atoms with van der Waals surface area (Å²) in [6.07, 6.45) is 2.41. The fourth-order valence-electron chi connectivity index (χ4n) is 3.25. The Morgan fingerprint density at radius 2 is 1.83 bits per heavy atom. The van der Waals surface area contributed by atoms with Crippen LogP contribution in [0.1, 0.15) is 24.0 Å². The summed E-state index contributed by atoms with van der Waals surface area (Å²) in [4.78, 5) is 12.4. The van der Waals surface area contributed by atoms with Gasteiger partial charge in [0.15, 0.2) is 0 Å². The summed E-state index contributed by atoms with van der Waals surface area (Å²) in [7, 11) is 0. The Kier molecular flexibility index (Phi) is 5.54. The van der Waals surface area contributed by atoms with E-state index in [2.05, 4.69) is 17.4 Å². The number of rotatable bonds is 6. The van der Waals surface area contributed by atoms with Crippen molar-refractivity contribution in [1.82, 2.24) is 5.32 Å². The molecule has 1 unspecified atom stereocenters. The standard InChI is InChI=1S/C20H22ClNO2/c21-17-8-4-7-15(9-17)11-20(24)22-19(16-12-18(23)13-16)10-14-5-2-1-3-6-14/h1-9,16,18-19,23H,10-13H2,(H,22,24). The Labute approximate surface area is 147 Å². The van der Waals surface area contributed by atoms with E-state index in [0.717, 1.165) is 24.8 Å². The number of carbonyl (C=O) groups is 1. The fraction of sp³-hybridized carbons (Fsp3) is 0.350. The predicted octanol–water partition coefficient (Wildman–Crippen LogP) is 3.38. The molecule has 0 saturated heterocycles. The van der Waals surface area contributed by atoms with Crippen LogP contribution in [-0.4, -0.2) is 23.2 Å². The van der Waals surface area contributed by atoms with E-state index in [9.17, 15) is 9.90 Å². The van der Waals surface area contributed by atoms with Gasteiger partial charge in [0, 0.05) is 11.1 Å². The number of carbonyl (C=O) groups excluding carboxylic acids is 1. The van der Waals surface area contributed by atoms with E-state index in [1.54, 1.807) is 6.07 Å². The molecule has 2 aromatic carbocycles. The van der Waals surface area contributed by atoms with Gasteiger partial charge in [-0.15, -0.1) is 0 Å². The lowest BCUT2D eigenvalue weighted by Crippen LogP contribution is -2.48. The second-order valence-electron chi connectivity index (χ2n) is 6.56. The van der Waals surface area contributed by atoms with Crippen LogP contribution < -0.4 is 5.32 Å². The van der Waals surface area contributed by atoms with Gasteiger partial charge < -0.3 is 10.4 Å². The summed E-state index contributed by atoms with van der Waals surface area (Å²) in [5.74, 6) is 0.336.